The molecule has 0 aliphatic carbocycles. The Kier molecular flexibility index (Phi) is 8.69. The fraction of sp³-hybridized carbons (Fsp3) is 0.458. The van der Waals surface area contributed by atoms with Gasteiger partial charge in [-0.1, -0.05) is 24.5 Å². The van der Waals surface area contributed by atoms with E-state index in [2.05, 4.69) is 16.6 Å². The van der Waals surface area contributed by atoms with Crippen LogP contribution in [0.3, 0.4) is 0 Å². The van der Waals surface area contributed by atoms with Gasteiger partial charge in [0.1, 0.15) is 6.61 Å². The number of amides is 1. The SMILES string of the molecule is CCC#CCc1c(C)c2c(c(NC(=O)C(F)(F)F)c1CC=C(C)CCC(=O)OC)C(=O)OC2. The lowest BCUT2D eigenvalue weighted by Gasteiger charge is -2.20. The molecule has 0 saturated heterocycles. The van der Waals surface area contributed by atoms with Crippen LogP contribution in [0.1, 0.15) is 65.7 Å². The summed E-state index contributed by atoms with van der Waals surface area (Å²) < 4.78 is 48.9. The Morgan fingerprint density at radius 2 is 1.91 bits per heavy atom. The molecule has 0 atom stereocenters. The third kappa shape index (κ3) is 6.37. The molecule has 1 aromatic carbocycles. The normalized spacial score (nSPS) is 13.1. The summed E-state index contributed by atoms with van der Waals surface area (Å²) in [5.74, 6) is 2.58. The molecule has 0 spiro atoms. The zero-order chi connectivity index (χ0) is 24.8. The number of nitrogens with one attached hydrogen (secondary N) is 1. The van der Waals surface area contributed by atoms with Crippen molar-refractivity contribution in [2.24, 2.45) is 0 Å². The second kappa shape index (κ2) is 11.0. The largest absolute Gasteiger partial charge is 0.471 e. The zero-order valence-corrected chi connectivity index (χ0v) is 19.0. The molecule has 1 aliphatic rings. The van der Waals surface area contributed by atoms with E-state index in [4.69, 9.17) is 4.74 Å². The van der Waals surface area contributed by atoms with Gasteiger partial charge in [-0.3, -0.25) is 9.59 Å². The maximum absolute atomic E-state index is 13.1. The summed E-state index contributed by atoms with van der Waals surface area (Å²) in [5, 5.41) is 1.91. The van der Waals surface area contributed by atoms with Gasteiger partial charge in [-0.25, -0.2) is 4.79 Å². The highest BCUT2D eigenvalue weighted by atomic mass is 19.4. The Balaban J connectivity index is 2.62. The average molecular weight is 465 g/mol. The van der Waals surface area contributed by atoms with Gasteiger partial charge in [0.2, 0.25) is 0 Å². The summed E-state index contributed by atoms with van der Waals surface area (Å²) >= 11 is 0. The number of ether oxygens (including phenoxy) is 2. The Bertz CT molecular complexity index is 1050. The van der Waals surface area contributed by atoms with Crippen molar-refractivity contribution in [3.63, 3.8) is 0 Å². The number of carbonyl (C=O) groups is 3. The molecule has 9 heteroatoms. The minimum absolute atomic E-state index is 0.0621. The number of anilines is 1. The van der Waals surface area contributed by atoms with Gasteiger partial charge < -0.3 is 14.8 Å². The summed E-state index contributed by atoms with van der Waals surface area (Å²) in [6, 6.07) is 0. The molecule has 1 amide bonds. The van der Waals surface area contributed by atoms with Gasteiger partial charge in [-0.2, -0.15) is 13.2 Å². The molecule has 2 rings (SSSR count). The maximum Gasteiger partial charge on any atom is 0.471 e. The number of esters is 2. The fourth-order valence-corrected chi connectivity index (χ4v) is 3.51. The van der Waals surface area contributed by atoms with E-state index < -0.39 is 18.1 Å². The average Bonchev–Trinajstić information content (AvgIpc) is 3.15. The minimum Gasteiger partial charge on any atom is -0.469 e. The van der Waals surface area contributed by atoms with Crippen LogP contribution >= 0.6 is 0 Å². The van der Waals surface area contributed by atoms with Crippen LogP contribution in [-0.4, -0.2) is 31.1 Å². The minimum atomic E-state index is -5.13. The van der Waals surface area contributed by atoms with Crippen LogP contribution in [0, 0.1) is 18.8 Å². The number of hydrogen-bond donors (Lipinski definition) is 1. The van der Waals surface area contributed by atoms with Crippen molar-refractivity contribution in [3.8, 4) is 11.8 Å². The van der Waals surface area contributed by atoms with E-state index in [1.54, 1.807) is 19.9 Å². The quantitative estimate of drug-likeness (QED) is 0.363. The summed E-state index contributed by atoms with van der Waals surface area (Å²) in [6.07, 6.45) is -1.86. The molecule has 0 saturated carbocycles. The predicted molar refractivity (Wildman–Crippen MR) is 115 cm³/mol. The summed E-state index contributed by atoms with van der Waals surface area (Å²) in [5.41, 5.74) is 2.69. The highest BCUT2D eigenvalue weighted by Crippen LogP contribution is 2.38. The van der Waals surface area contributed by atoms with Gasteiger partial charge >= 0.3 is 24.0 Å². The van der Waals surface area contributed by atoms with E-state index >= 15 is 0 Å². The number of allylic oxidation sites excluding steroid dienone is 2. The van der Waals surface area contributed by atoms with E-state index in [0.29, 0.717) is 35.1 Å². The van der Waals surface area contributed by atoms with Crippen LogP contribution < -0.4 is 5.32 Å². The van der Waals surface area contributed by atoms with Crippen molar-refractivity contribution in [1.82, 2.24) is 0 Å². The molecular weight excluding hydrogens is 439 g/mol. The number of alkyl halides is 3. The first-order valence-corrected chi connectivity index (χ1v) is 10.4. The van der Waals surface area contributed by atoms with Gasteiger partial charge in [0.05, 0.1) is 18.4 Å². The van der Waals surface area contributed by atoms with Crippen molar-refractivity contribution >= 4 is 23.5 Å². The zero-order valence-electron chi connectivity index (χ0n) is 19.0. The van der Waals surface area contributed by atoms with Gasteiger partial charge in [-0.15, -0.1) is 5.92 Å². The Hall–Kier alpha value is -3.28. The number of carbonyl (C=O) groups excluding carboxylic acids is 3. The first-order valence-electron chi connectivity index (χ1n) is 10.4. The van der Waals surface area contributed by atoms with E-state index in [0.717, 1.165) is 5.57 Å². The van der Waals surface area contributed by atoms with Gasteiger partial charge in [0, 0.05) is 24.8 Å². The highest BCUT2D eigenvalue weighted by molar-refractivity contribution is 6.06. The molecule has 0 fully saturated rings. The highest BCUT2D eigenvalue weighted by Gasteiger charge is 2.41. The molecule has 1 N–H and O–H groups in total. The molecule has 1 aromatic rings. The van der Waals surface area contributed by atoms with Crippen molar-refractivity contribution in [3.05, 3.63) is 39.5 Å². The first kappa shape index (κ1) is 26.0. The lowest BCUT2D eigenvalue weighted by molar-refractivity contribution is -0.167. The number of rotatable bonds is 7. The third-order valence-corrected chi connectivity index (χ3v) is 5.34. The second-order valence-corrected chi connectivity index (χ2v) is 7.55. The lowest BCUT2D eigenvalue weighted by atomic mass is 9.87. The lowest BCUT2D eigenvalue weighted by Crippen LogP contribution is -2.31. The number of hydrogen-bond acceptors (Lipinski definition) is 5. The molecule has 0 unspecified atom stereocenters. The predicted octanol–water partition coefficient (Wildman–Crippen LogP) is 4.56. The molecule has 6 nitrogen and oxygen atoms in total. The maximum atomic E-state index is 13.1. The summed E-state index contributed by atoms with van der Waals surface area (Å²) in [6.45, 7) is 5.33. The molecule has 178 valence electrons. The standard InChI is InChI=1S/C24H26F3NO5/c1-5-6-7-8-16-15(3)18-13-33-22(30)20(18)21(28-23(31)24(25,26)27)17(16)11-9-14(2)10-12-19(29)32-4/h9H,5,8,10-13H2,1-4H3,(H,28,31). The number of cyclic esters (lactones) is 1. The molecule has 33 heavy (non-hydrogen) atoms. The monoisotopic (exact) mass is 465 g/mol. The van der Waals surface area contributed by atoms with E-state index in [1.165, 1.54) is 7.11 Å². The number of fused-ring (bicyclic) bond motifs is 1. The van der Waals surface area contributed by atoms with Crippen LogP contribution in [0.2, 0.25) is 0 Å². The molecular formula is C24H26F3NO5. The number of benzene rings is 1. The molecule has 0 bridgehead atoms. The molecule has 0 aromatic heterocycles. The molecule has 1 heterocycles. The molecule has 0 radical (unpaired) electrons. The van der Waals surface area contributed by atoms with Crippen LogP contribution in [0.15, 0.2) is 11.6 Å². The Morgan fingerprint density at radius 3 is 2.52 bits per heavy atom. The van der Waals surface area contributed by atoms with Gasteiger partial charge in [0.25, 0.3) is 0 Å². The van der Waals surface area contributed by atoms with E-state index in [9.17, 15) is 27.6 Å². The second-order valence-electron chi connectivity index (χ2n) is 7.55. The van der Waals surface area contributed by atoms with Crippen molar-refractivity contribution in [2.45, 2.75) is 65.7 Å². The Morgan fingerprint density at radius 1 is 1.21 bits per heavy atom. The summed E-state index contributed by atoms with van der Waals surface area (Å²) in [7, 11) is 1.28. The Labute approximate surface area is 190 Å². The first-order chi connectivity index (χ1) is 15.5. The van der Waals surface area contributed by atoms with E-state index in [-0.39, 0.29) is 43.1 Å². The number of methoxy groups -OCH3 is 1. The van der Waals surface area contributed by atoms with Crippen LogP contribution in [0.4, 0.5) is 18.9 Å². The van der Waals surface area contributed by atoms with Crippen LogP contribution in [0.5, 0.6) is 0 Å². The van der Waals surface area contributed by atoms with Gasteiger partial charge in [0.15, 0.2) is 0 Å². The van der Waals surface area contributed by atoms with Crippen molar-refractivity contribution in [2.75, 3.05) is 12.4 Å². The van der Waals surface area contributed by atoms with Crippen molar-refractivity contribution in [1.29, 1.82) is 0 Å². The fourth-order valence-electron chi connectivity index (χ4n) is 3.51. The topological polar surface area (TPSA) is 81.7 Å². The van der Waals surface area contributed by atoms with Crippen LogP contribution in [0.25, 0.3) is 0 Å². The van der Waals surface area contributed by atoms with E-state index in [1.807, 2.05) is 12.2 Å². The van der Waals surface area contributed by atoms with Gasteiger partial charge in [-0.05, 0) is 43.4 Å². The number of halogens is 3. The van der Waals surface area contributed by atoms with Crippen molar-refractivity contribution < 1.29 is 37.0 Å². The van der Waals surface area contributed by atoms with Crippen LogP contribution in [-0.2, 0) is 38.5 Å². The molecule has 1 aliphatic heterocycles. The smallest absolute Gasteiger partial charge is 0.469 e. The summed E-state index contributed by atoms with van der Waals surface area (Å²) in [4.78, 5) is 35.6. The third-order valence-electron chi connectivity index (χ3n) is 5.34.